The van der Waals surface area contributed by atoms with Crippen LogP contribution < -0.4 is 11.1 Å². The molecular formula is C12H21F3N2. The maximum absolute atomic E-state index is 12.7. The fraction of sp³-hybridized carbons (Fsp3) is 1.00. The first-order chi connectivity index (χ1) is 7.95. The van der Waals surface area contributed by atoms with Gasteiger partial charge in [-0.1, -0.05) is 19.3 Å². The minimum absolute atomic E-state index is 0.0639. The van der Waals surface area contributed by atoms with Crippen molar-refractivity contribution in [3.8, 4) is 0 Å². The molecule has 2 rings (SSSR count). The van der Waals surface area contributed by atoms with Crippen molar-refractivity contribution < 1.29 is 13.2 Å². The number of halogens is 3. The van der Waals surface area contributed by atoms with Crippen LogP contribution >= 0.6 is 0 Å². The maximum atomic E-state index is 12.7. The summed E-state index contributed by atoms with van der Waals surface area (Å²) in [5, 5.41) is 2.73. The highest BCUT2D eigenvalue weighted by molar-refractivity contribution is 5.08. The molecule has 2 aliphatic rings. The van der Waals surface area contributed by atoms with Crippen molar-refractivity contribution in [2.45, 2.75) is 62.7 Å². The van der Waals surface area contributed by atoms with E-state index < -0.39 is 11.7 Å². The van der Waals surface area contributed by atoms with E-state index in [0.29, 0.717) is 6.54 Å². The molecule has 0 aromatic carbocycles. The predicted octanol–water partition coefficient (Wildman–Crippen LogP) is 2.58. The predicted molar refractivity (Wildman–Crippen MR) is 60.6 cm³/mol. The van der Waals surface area contributed by atoms with E-state index in [9.17, 15) is 13.2 Å². The van der Waals surface area contributed by atoms with Crippen molar-refractivity contribution in [3.63, 3.8) is 0 Å². The van der Waals surface area contributed by atoms with E-state index in [0.717, 1.165) is 32.1 Å². The fourth-order valence-electron chi connectivity index (χ4n) is 2.68. The first-order valence-corrected chi connectivity index (χ1v) is 6.52. The Labute approximate surface area is 100 Å². The Balaban J connectivity index is 1.85. The van der Waals surface area contributed by atoms with Gasteiger partial charge in [0.2, 0.25) is 0 Å². The normalized spacial score (nSPS) is 33.2. The van der Waals surface area contributed by atoms with Crippen LogP contribution in [0.4, 0.5) is 13.2 Å². The van der Waals surface area contributed by atoms with E-state index in [1.807, 2.05) is 0 Å². The molecule has 2 fully saturated rings. The molecule has 5 heteroatoms. The zero-order valence-electron chi connectivity index (χ0n) is 10.0. The van der Waals surface area contributed by atoms with E-state index in [4.69, 9.17) is 5.73 Å². The van der Waals surface area contributed by atoms with E-state index in [-0.39, 0.29) is 24.8 Å². The van der Waals surface area contributed by atoms with Gasteiger partial charge in [-0.15, -0.1) is 0 Å². The van der Waals surface area contributed by atoms with Gasteiger partial charge < -0.3 is 11.1 Å². The third-order valence-electron chi connectivity index (χ3n) is 4.21. The molecular weight excluding hydrogens is 229 g/mol. The highest BCUT2D eigenvalue weighted by Gasteiger charge is 2.63. The van der Waals surface area contributed by atoms with Crippen molar-refractivity contribution in [2.24, 2.45) is 11.7 Å². The molecule has 2 atom stereocenters. The van der Waals surface area contributed by atoms with Crippen LogP contribution in [0.3, 0.4) is 0 Å². The van der Waals surface area contributed by atoms with Gasteiger partial charge in [-0.2, -0.15) is 13.2 Å². The average molecular weight is 250 g/mol. The van der Waals surface area contributed by atoms with E-state index in [1.165, 1.54) is 0 Å². The molecule has 3 N–H and O–H groups in total. The average Bonchev–Trinajstić information content (AvgIpc) is 3.00. The largest absolute Gasteiger partial charge is 0.406 e. The summed E-state index contributed by atoms with van der Waals surface area (Å²) in [7, 11) is 0. The molecule has 0 bridgehead atoms. The zero-order valence-corrected chi connectivity index (χ0v) is 10.0. The van der Waals surface area contributed by atoms with E-state index in [1.54, 1.807) is 0 Å². The van der Waals surface area contributed by atoms with Crippen molar-refractivity contribution in [1.29, 1.82) is 0 Å². The van der Waals surface area contributed by atoms with Crippen LogP contribution in [0.15, 0.2) is 0 Å². The molecule has 17 heavy (non-hydrogen) atoms. The Morgan fingerprint density at radius 3 is 2.35 bits per heavy atom. The highest BCUT2D eigenvalue weighted by Crippen LogP contribution is 2.49. The third-order valence-corrected chi connectivity index (χ3v) is 4.21. The molecule has 2 saturated carbocycles. The summed E-state index contributed by atoms with van der Waals surface area (Å²) in [6.07, 6.45) is 1.61. The van der Waals surface area contributed by atoms with Gasteiger partial charge in [0.1, 0.15) is 5.54 Å². The molecule has 100 valence electrons. The van der Waals surface area contributed by atoms with Crippen LogP contribution in [0.1, 0.15) is 44.9 Å². The van der Waals surface area contributed by atoms with Crippen LogP contribution in [0.25, 0.3) is 0 Å². The summed E-state index contributed by atoms with van der Waals surface area (Å²) in [5.41, 5.74) is 4.43. The second kappa shape index (κ2) is 4.76. The van der Waals surface area contributed by atoms with Crippen molar-refractivity contribution in [2.75, 3.05) is 6.54 Å². The number of alkyl halides is 3. The summed E-state index contributed by atoms with van der Waals surface area (Å²) >= 11 is 0. The van der Waals surface area contributed by atoms with Gasteiger partial charge in [-0.25, -0.2) is 0 Å². The molecule has 2 nitrogen and oxygen atoms in total. The molecule has 0 aromatic rings. The quantitative estimate of drug-likeness (QED) is 0.755. The molecule has 0 spiro atoms. The molecule has 2 unspecified atom stereocenters. The summed E-state index contributed by atoms with van der Waals surface area (Å²) in [4.78, 5) is 0. The highest BCUT2D eigenvalue weighted by atomic mass is 19.4. The Bertz CT molecular complexity index is 261. The van der Waals surface area contributed by atoms with Gasteiger partial charge in [-0.3, -0.25) is 0 Å². The van der Waals surface area contributed by atoms with Crippen molar-refractivity contribution in [3.05, 3.63) is 0 Å². The van der Waals surface area contributed by atoms with Crippen LogP contribution in [-0.4, -0.2) is 24.3 Å². The number of hydrogen-bond acceptors (Lipinski definition) is 2. The Morgan fingerprint density at radius 1 is 1.12 bits per heavy atom. The first-order valence-electron chi connectivity index (χ1n) is 6.52. The topological polar surface area (TPSA) is 38.0 Å². The SMILES string of the molecule is NC1CCCCCC1CNC1(C(F)(F)F)CC1. The van der Waals surface area contributed by atoms with Crippen LogP contribution in [0, 0.1) is 5.92 Å². The van der Waals surface area contributed by atoms with Gasteiger partial charge in [0.25, 0.3) is 0 Å². The van der Waals surface area contributed by atoms with Gasteiger partial charge in [0.15, 0.2) is 0 Å². The smallest absolute Gasteiger partial charge is 0.327 e. The van der Waals surface area contributed by atoms with E-state index in [2.05, 4.69) is 5.32 Å². The summed E-state index contributed by atoms with van der Waals surface area (Å²) < 4.78 is 38.2. The zero-order chi connectivity index (χ0) is 12.5. The van der Waals surface area contributed by atoms with Gasteiger partial charge in [-0.05, 0) is 31.6 Å². The lowest BCUT2D eigenvalue weighted by atomic mass is 9.95. The lowest BCUT2D eigenvalue weighted by Gasteiger charge is -2.26. The van der Waals surface area contributed by atoms with Gasteiger partial charge in [0.05, 0.1) is 0 Å². The molecule has 2 aliphatic carbocycles. The number of hydrogen-bond donors (Lipinski definition) is 2. The monoisotopic (exact) mass is 250 g/mol. The lowest BCUT2D eigenvalue weighted by Crippen LogP contribution is -2.48. The molecule has 0 aliphatic heterocycles. The van der Waals surface area contributed by atoms with Gasteiger partial charge >= 0.3 is 6.18 Å². The fourth-order valence-corrected chi connectivity index (χ4v) is 2.68. The Hall–Kier alpha value is -0.290. The molecule has 0 heterocycles. The summed E-state index contributed by atoms with van der Waals surface area (Å²) in [5.74, 6) is 0.206. The Kier molecular flexibility index (Phi) is 3.69. The van der Waals surface area contributed by atoms with Crippen LogP contribution in [-0.2, 0) is 0 Å². The molecule has 0 amide bonds. The lowest BCUT2D eigenvalue weighted by molar-refractivity contribution is -0.166. The second-order valence-corrected chi connectivity index (χ2v) is 5.52. The van der Waals surface area contributed by atoms with Gasteiger partial charge in [0, 0.05) is 12.6 Å². The minimum atomic E-state index is -4.11. The van der Waals surface area contributed by atoms with Crippen LogP contribution in [0.5, 0.6) is 0 Å². The minimum Gasteiger partial charge on any atom is -0.327 e. The number of rotatable bonds is 3. The van der Waals surface area contributed by atoms with Crippen molar-refractivity contribution >= 4 is 0 Å². The standard InChI is InChI=1S/C12H21F3N2/c13-12(14,15)11(6-7-11)17-8-9-4-2-1-3-5-10(9)16/h9-10,17H,1-8,16H2. The maximum Gasteiger partial charge on any atom is 0.406 e. The van der Waals surface area contributed by atoms with Crippen molar-refractivity contribution in [1.82, 2.24) is 5.32 Å². The van der Waals surface area contributed by atoms with E-state index >= 15 is 0 Å². The first kappa shape index (κ1) is 13.1. The summed E-state index contributed by atoms with van der Waals surface area (Å²) in [6.45, 7) is 0.417. The molecule has 0 aromatic heterocycles. The Morgan fingerprint density at radius 2 is 1.76 bits per heavy atom. The molecule has 0 radical (unpaired) electrons. The third kappa shape index (κ3) is 2.94. The molecule has 0 saturated heterocycles. The number of nitrogens with two attached hydrogens (primary N) is 1. The summed E-state index contributed by atoms with van der Waals surface area (Å²) in [6, 6.07) is 0.0639. The number of nitrogens with one attached hydrogen (secondary N) is 1. The van der Waals surface area contributed by atoms with Crippen LogP contribution in [0.2, 0.25) is 0 Å². The second-order valence-electron chi connectivity index (χ2n) is 5.52.